The highest BCUT2D eigenvalue weighted by atomic mass is 19.4. The highest BCUT2D eigenvalue weighted by Gasteiger charge is 2.33. The van der Waals surface area contributed by atoms with E-state index in [1.807, 2.05) is 0 Å². The van der Waals surface area contributed by atoms with Crippen molar-refractivity contribution < 1.29 is 18.0 Å². The lowest BCUT2D eigenvalue weighted by Crippen LogP contribution is -2.44. The first kappa shape index (κ1) is 15.3. The molecular formula is C16H19F3N2O. The summed E-state index contributed by atoms with van der Waals surface area (Å²) in [6.45, 7) is 2.38. The van der Waals surface area contributed by atoms with Crippen LogP contribution in [0.5, 0.6) is 0 Å². The van der Waals surface area contributed by atoms with Crippen molar-refractivity contribution >= 4 is 5.91 Å². The van der Waals surface area contributed by atoms with Gasteiger partial charge in [0.1, 0.15) is 0 Å². The third-order valence-electron chi connectivity index (χ3n) is 4.70. The molecule has 0 unspecified atom stereocenters. The Hall–Kier alpha value is -1.56. The van der Waals surface area contributed by atoms with Crippen molar-refractivity contribution in [2.24, 2.45) is 0 Å². The van der Waals surface area contributed by atoms with E-state index in [9.17, 15) is 18.0 Å². The van der Waals surface area contributed by atoms with Crippen LogP contribution in [0.2, 0.25) is 0 Å². The molecular weight excluding hydrogens is 293 g/mol. The van der Waals surface area contributed by atoms with Crippen molar-refractivity contribution in [1.82, 2.24) is 10.2 Å². The topological polar surface area (TPSA) is 32.3 Å². The zero-order valence-corrected chi connectivity index (χ0v) is 12.2. The fourth-order valence-electron chi connectivity index (χ4n) is 3.42. The molecule has 2 saturated heterocycles. The van der Waals surface area contributed by atoms with E-state index in [0.29, 0.717) is 0 Å². The molecule has 3 rings (SSSR count). The number of piperidine rings is 1. The zero-order valence-electron chi connectivity index (χ0n) is 12.2. The van der Waals surface area contributed by atoms with Crippen LogP contribution in [0.3, 0.4) is 0 Å². The van der Waals surface area contributed by atoms with Gasteiger partial charge in [-0.3, -0.25) is 9.69 Å². The lowest BCUT2D eigenvalue weighted by Gasteiger charge is -2.35. The van der Waals surface area contributed by atoms with Crippen LogP contribution in [-0.2, 0) is 11.0 Å². The minimum atomic E-state index is -4.28. The summed E-state index contributed by atoms with van der Waals surface area (Å²) in [7, 11) is 0. The largest absolute Gasteiger partial charge is 0.416 e. The van der Waals surface area contributed by atoms with E-state index in [4.69, 9.17) is 0 Å². The van der Waals surface area contributed by atoms with Crippen molar-refractivity contribution in [3.63, 3.8) is 0 Å². The van der Waals surface area contributed by atoms with Crippen LogP contribution in [-0.4, -0.2) is 36.5 Å². The Labute approximate surface area is 127 Å². The number of amides is 1. The molecule has 0 bridgehead atoms. The molecule has 1 amide bonds. The Kier molecular flexibility index (Phi) is 4.12. The summed E-state index contributed by atoms with van der Waals surface area (Å²) < 4.78 is 37.7. The fraction of sp³-hybridized carbons (Fsp3) is 0.562. The van der Waals surface area contributed by atoms with Crippen LogP contribution < -0.4 is 5.32 Å². The zero-order chi connectivity index (χ0) is 15.7. The molecule has 1 aromatic rings. The number of hydrogen-bond acceptors (Lipinski definition) is 2. The van der Waals surface area contributed by atoms with Gasteiger partial charge in [0, 0.05) is 6.54 Å². The second-order valence-corrected chi connectivity index (χ2v) is 6.03. The Morgan fingerprint density at radius 1 is 1.05 bits per heavy atom. The number of hydrogen-bond donors (Lipinski definition) is 1. The van der Waals surface area contributed by atoms with Crippen LogP contribution in [0.25, 0.3) is 0 Å². The minimum absolute atomic E-state index is 0.0199. The molecule has 2 aliphatic heterocycles. The lowest BCUT2D eigenvalue weighted by atomic mass is 9.88. The molecule has 2 aliphatic rings. The van der Waals surface area contributed by atoms with Crippen LogP contribution >= 0.6 is 0 Å². The van der Waals surface area contributed by atoms with Crippen molar-refractivity contribution in [2.45, 2.75) is 37.4 Å². The number of carbonyl (C=O) groups excluding carboxylic acids is 1. The Balaban J connectivity index is 1.60. The third-order valence-corrected chi connectivity index (χ3v) is 4.70. The summed E-state index contributed by atoms with van der Waals surface area (Å²) in [4.78, 5) is 13.9. The molecule has 0 aliphatic carbocycles. The van der Waals surface area contributed by atoms with E-state index < -0.39 is 11.7 Å². The first-order chi connectivity index (χ1) is 10.4. The normalized spacial score (nSPS) is 24.5. The smallest absolute Gasteiger partial charge is 0.355 e. The highest BCUT2D eigenvalue weighted by Crippen LogP contribution is 2.33. The number of alkyl halides is 3. The average molecular weight is 312 g/mol. The molecule has 1 aromatic carbocycles. The fourth-order valence-corrected chi connectivity index (χ4v) is 3.42. The van der Waals surface area contributed by atoms with Crippen molar-refractivity contribution in [3.05, 3.63) is 35.4 Å². The van der Waals surface area contributed by atoms with Gasteiger partial charge in [0.15, 0.2) is 0 Å². The van der Waals surface area contributed by atoms with Gasteiger partial charge in [-0.25, -0.2) is 0 Å². The standard InChI is InChI=1S/C16H19F3N2O/c17-16(18,19)13-3-1-11(2-4-13)12-6-9-21(10-7-12)14-5-8-20-15(14)22/h1-4,12,14H,5-10H2,(H,20,22)/t14-/m1/s1. The van der Waals surface area contributed by atoms with Gasteiger partial charge in [-0.15, -0.1) is 0 Å². The van der Waals surface area contributed by atoms with Gasteiger partial charge < -0.3 is 5.32 Å². The van der Waals surface area contributed by atoms with Gasteiger partial charge >= 0.3 is 6.18 Å². The van der Waals surface area contributed by atoms with E-state index in [2.05, 4.69) is 10.2 Å². The van der Waals surface area contributed by atoms with E-state index in [-0.39, 0.29) is 17.9 Å². The molecule has 2 heterocycles. The summed E-state index contributed by atoms with van der Waals surface area (Å²) in [5.74, 6) is 0.385. The number of benzene rings is 1. The molecule has 1 N–H and O–H groups in total. The van der Waals surface area contributed by atoms with Crippen LogP contribution in [0, 0.1) is 0 Å². The summed E-state index contributed by atoms with van der Waals surface area (Å²) in [6, 6.07) is 5.48. The molecule has 0 radical (unpaired) electrons. The molecule has 120 valence electrons. The van der Waals surface area contributed by atoms with Crippen molar-refractivity contribution in [2.75, 3.05) is 19.6 Å². The molecule has 1 atom stereocenters. The van der Waals surface area contributed by atoms with Gasteiger partial charge in [-0.2, -0.15) is 13.2 Å². The first-order valence-electron chi connectivity index (χ1n) is 7.64. The number of nitrogens with one attached hydrogen (secondary N) is 1. The third kappa shape index (κ3) is 3.11. The molecule has 0 saturated carbocycles. The monoisotopic (exact) mass is 312 g/mol. The molecule has 6 heteroatoms. The number of carbonyl (C=O) groups is 1. The number of nitrogens with zero attached hydrogens (tertiary/aromatic N) is 1. The second kappa shape index (κ2) is 5.91. The predicted molar refractivity (Wildman–Crippen MR) is 76.4 cm³/mol. The Bertz CT molecular complexity index is 533. The minimum Gasteiger partial charge on any atom is -0.355 e. The molecule has 22 heavy (non-hydrogen) atoms. The van der Waals surface area contributed by atoms with E-state index in [1.54, 1.807) is 12.1 Å². The molecule has 0 spiro atoms. The second-order valence-electron chi connectivity index (χ2n) is 6.03. The summed E-state index contributed by atoms with van der Waals surface area (Å²) >= 11 is 0. The summed E-state index contributed by atoms with van der Waals surface area (Å²) in [5, 5.41) is 2.84. The van der Waals surface area contributed by atoms with E-state index >= 15 is 0 Å². The molecule has 0 aromatic heterocycles. The van der Waals surface area contributed by atoms with E-state index in [1.165, 1.54) is 0 Å². The lowest BCUT2D eigenvalue weighted by molar-refractivity contribution is -0.137. The quantitative estimate of drug-likeness (QED) is 0.911. The summed E-state index contributed by atoms with van der Waals surface area (Å²) in [6.07, 6.45) is -1.66. The SMILES string of the molecule is O=C1NCC[C@H]1N1CCC(c2ccc(C(F)(F)F)cc2)CC1. The van der Waals surface area contributed by atoms with E-state index in [0.717, 1.165) is 56.6 Å². The van der Waals surface area contributed by atoms with Gasteiger partial charge in [-0.05, 0) is 56.0 Å². The van der Waals surface area contributed by atoms with Gasteiger partial charge in [0.25, 0.3) is 0 Å². The number of rotatable bonds is 2. The highest BCUT2D eigenvalue weighted by molar-refractivity contribution is 5.83. The van der Waals surface area contributed by atoms with Crippen molar-refractivity contribution in [3.8, 4) is 0 Å². The summed E-state index contributed by atoms with van der Waals surface area (Å²) in [5.41, 5.74) is 0.361. The van der Waals surface area contributed by atoms with Gasteiger partial charge in [0.05, 0.1) is 11.6 Å². The Morgan fingerprint density at radius 3 is 2.18 bits per heavy atom. The number of likely N-dealkylation sites (tertiary alicyclic amines) is 1. The van der Waals surface area contributed by atoms with Gasteiger partial charge in [0.2, 0.25) is 5.91 Å². The van der Waals surface area contributed by atoms with Crippen LogP contribution in [0.15, 0.2) is 24.3 Å². The van der Waals surface area contributed by atoms with Crippen LogP contribution in [0.4, 0.5) is 13.2 Å². The van der Waals surface area contributed by atoms with Crippen molar-refractivity contribution in [1.29, 1.82) is 0 Å². The Morgan fingerprint density at radius 2 is 1.68 bits per heavy atom. The maximum Gasteiger partial charge on any atom is 0.416 e. The average Bonchev–Trinajstić information content (AvgIpc) is 2.93. The van der Waals surface area contributed by atoms with Crippen LogP contribution in [0.1, 0.15) is 36.3 Å². The number of halogens is 3. The van der Waals surface area contributed by atoms with Gasteiger partial charge in [-0.1, -0.05) is 12.1 Å². The predicted octanol–water partition coefficient (Wildman–Crippen LogP) is 2.77. The molecule has 3 nitrogen and oxygen atoms in total. The molecule has 2 fully saturated rings. The maximum absolute atomic E-state index is 12.6. The first-order valence-corrected chi connectivity index (χ1v) is 7.64. The maximum atomic E-state index is 12.6.